The van der Waals surface area contributed by atoms with E-state index in [1.165, 1.54) is 31.6 Å². The molecule has 2 aromatic rings. The van der Waals surface area contributed by atoms with Gasteiger partial charge in [0.15, 0.2) is 0 Å². The average Bonchev–Trinajstić information content (AvgIpc) is 3.00. The molecule has 0 atom stereocenters. The van der Waals surface area contributed by atoms with E-state index in [2.05, 4.69) is 5.32 Å². The molecule has 132 valence electrons. The lowest BCUT2D eigenvalue weighted by Crippen LogP contribution is -2.24. The van der Waals surface area contributed by atoms with Crippen molar-refractivity contribution in [3.63, 3.8) is 0 Å². The molecule has 1 aromatic carbocycles. The first-order valence-corrected chi connectivity index (χ1v) is 6.65. The Morgan fingerprint density at radius 1 is 1.33 bits per heavy atom. The summed E-state index contributed by atoms with van der Waals surface area (Å²) in [6.45, 7) is -0.148. The first-order chi connectivity index (χ1) is 10.8. The van der Waals surface area contributed by atoms with Gasteiger partial charge in [0.1, 0.15) is 17.8 Å². The Balaban J connectivity index is 0.00000288. The molecule has 0 unspecified atom stereocenters. The van der Waals surface area contributed by atoms with E-state index >= 15 is 0 Å². The Labute approximate surface area is 142 Å². The molecule has 0 aliphatic carbocycles. The molecule has 2 rings (SSSR count). The van der Waals surface area contributed by atoms with E-state index in [0.29, 0.717) is 5.76 Å². The molecule has 0 radical (unpaired) electrons. The summed E-state index contributed by atoms with van der Waals surface area (Å²) in [4.78, 5) is 11.9. The SMILES string of the molecule is COc1ccc(CNC(=O)c2coc(CN)c2)c(C(F)(F)F)c1.Cl. The van der Waals surface area contributed by atoms with Gasteiger partial charge in [-0.2, -0.15) is 13.2 Å². The van der Waals surface area contributed by atoms with Gasteiger partial charge in [0.25, 0.3) is 5.91 Å². The van der Waals surface area contributed by atoms with Gasteiger partial charge in [-0.05, 0) is 23.8 Å². The van der Waals surface area contributed by atoms with Gasteiger partial charge in [0.05, 0.1) is 24.8 Å². The molecule has 1 amide bonds. The molecule has 1 aromatic heterocycles. The predicted octanol–water partition coefficient (Wildman–Crippen LogP) is 3.12. The number of nitrogens with two attached hydrogens (primary N) is 1. The number of amides is 1. The van der Waals surface area contributed by atoms with E-state index in [1.807, 2.05) is 0 Å². The van der Waals surface area contributed by atoms with Gasteiger partial charge in [-0.25, -0.2) is 0 Å². The summed E-state index contributed by atoms with van der Waals surface area (Å²) < 4.78 is 49.0. The lowest BCUT2D eigenvalue weighted by Gasteiger charge is -2.14. The zero-order valence-electron chi connectivity index (χ0n) is 12.6. The number of halogens is 4. The van der Waals surface area contributed by atoms with Crippen LogP contribution in [-0.2, 0) is 19.3 Å². The topological polar surface area (TPSA) is 77.5 Å². The highest BCUT2D eigenvalue weighted by atomic mass is 35.5. The van der Waals surface area contributed by atoms with E-state index < -0.39 is 17.6 Å². The average molecular weight is 365 g/mol. The summed E-state index contributed by atoms with van der Waals surface area (Å²) >= 11 is 0. The fraction of sp³-hybridized carbons (Fsp3) is 0.267. The van der Waals surface area contributed by atoms with Crippen LogP contribution in [0.15, 0.2) is 34.9 Å². The number of furan rings is 1. The van der Waals surface area contributed by atoms with Gasteiger partial charge in [-0.1, -0.05) is 6.07 Å². The van der Waals surface area contributed by atoms with Gasteiger partial charge in [-0.15, -0.1) is 12.4 Å². The van der Waals surface area contributed by atoms with Gasteiger partial charge >= 0.3 is 6.18 Å². The molecule has 24 heavy (non-hydrogen) atoms. The van der Waals surface area contributed by atoms with E-state index in [1.54, 1.807) is 0 Å². The Kier molecular flexibility index (Phi) is 6.68. The normalized spacial score (nSPS) is 10.9. The number of carbonyl (C=O) groups excluding carboxylic acids is 1. The Morgan fingerprint density at radius 3 is 2.58 bits per heavy atom. The fourth-order valence-electron chi connectivity index (χ4n) is 1.98. The molecule has 0 saturated carbocycles. The minimum absolute atomic E-state index is 0. The number of rotatable bonds is 5. The second kappa shape index (κ2) is 8.07. The maximum Gasteiger partial charge on any atom is 0.416 e. The van der Waals surface area contributed by atoms with Crippen LogP contribution in [0.1, 0.15) is 27.2 Å². The van der Waals surface area contributed by atoms with Crippen molar-refractivity contribution in [3.05, 3.63) is 53.0 Å². The highest BCUT2D eigenvalue weighted by molar-refractivity contribution is 5.93. The molecule has 0 aliphatic rings. The second-order valence-corrected chi connectivity index (χ2v) is 4.71. The molecule has 0 fully saturated rings. The fourth-order valence-corrected chi connectivity index (χ4v) is 1.98. The molecule has 0 spiro atoms. The summed E-state index contributed by atoms with van der Waals surface area (Å²) in [5.41, 5.74) is 4.65. The molecule has 5 nitrogen and oxygen atoms in total. The van der Waals surface area contributed by atoms with Crippen molar-refractivity contribution < 1.29 is 27.1 Å². The second-order valence-electron chi connectivity index (χ2n) is 4.71. The summed E-state index contributed by atoms with van der Waals surface area (Å²) in [5.74, 6) is -0.0391. The van der Waals surface area contributed by atoms with Crippen LogP contribution in [0.3, 0.4) is 0 Å². The standard InChI is InChI=1S/C15H15F3N2O3.ClH/c1-22-11-3-2-9(13(5-11)15(16,17)18)7-20-14(21)10-4-12(6-19)23-8-10;/h2-5,8H,6-7,19H2,1H3,(H,20,21);1H. The lowest BCUT2D eigenvalue weighted by atomic mass is 10.1. The molecule has 1 heterocycles. The van der Waals surface area contributed by atoms with E-state index in [0.717, 1.165) is 6.07 Å². The van der Waals surface area contributed by atoms with Crippen LogP contribution >= 0.6 is 12.4 Å². The van der Waals surface area contributed by atoms with Crippen LogP contribution in [0.25, 0.3) is 0 Å². The van der Waals surface area contributed by atoms with E-state index in [9.17, 15) is 18.0 Å². The van der Waals surface area contributed by atoms with Crippen LogP contribution in [0, 0.1) is 0 Å². The van der Waals surface area contributed by atoms with E-state index in [4.69, 9.17) is 14.9 Å². The van der Waals surface area contributed by atoms with Crippen LogP contribution in [0.5, 0.6) is 5.75 Å². The van der Waals surface area contributed by atoms with Gasteiger partial charge < -0.3 is 20.2 Å². The third kappa shape index (κ3) is 4.65. The predicted molar refractivity (Wildman–Crippen MR) is 83.0 cm³/mol. The monoisotopic (exact) mass is 364 g/mol. The zero-order chi connectivity index (χ0) is 17.0. The smallest absolute Gasteiger partial charge is 0.416 e. The summed E-state index contributed by atoms with van der Waals surface area (Å²) in [6, 6.07) is 5.00. The number of hydrogen-bond donors (Lipinski definition) is 2. The molecule has 0 aliphatic heterocycles. The number of methoxy groups -OCH3 is 1. The number of hydrogen-bond acceptors (Lipinski definition) is 4. The Morgan fingerprint density at radius 2 is 2.04 bits per heavy atom. The van der Waals surface area contributed by atoms with Gasteiger partial charge in [0, 0.05) is 6.54 Å². The number of alkyl halides is 3. The number of ether oxygens (including phenoxy) is 1. The van der Waals surface area contributed by atoms with Crippen molar-refractivity contribution in [2.24, 2.45) is 5.73 Å². The molecule has 0 saturated heterocycles. The Hall–Kier alpha value is -2.19. The third-order valence-electron chi connectivity index (χ3n) is 3.18. The first kappa shape index (κ1) is 19.9. The summed E-state index contributed by atoms with van der Waals surface area (Å²) in [6.07, 6.45) is -3.34. The zero-order valence-corrected chi connectivity index (χ0v) is 13.5. The number of benzene rings is 1. The van der Waals surface area contributed by atoms with Crippen LogP contribution in [0.4, 0.5) is 13.2 Å². The highest BCUT2D eigenvalue weighted by Crippen LogP contribution is 2.34. The summed E-state index contributed by atoms with van der Waals surface area (Å²) in [7, 11) is 1.28. The van der Waals surface area contributed by atoms with Crippen molar-refractivity contribution in [2.75, 3.05) is 7.11 Å². The van der Waals surface area contributed by atoms with Gasteiger partial charge in [-0.3, -0.25) is 4.79 Å². The van der Waals surface area contributed by atoms with E-state index in [-0.39, 0.29) is 42.4 Å². The molecular weight excluding hydrogens is 349 g/mol. The van der Waals surface area contributed by atoms with Crippen LogP contribution in [-0.4, -0.2) is 13.0 Å². The molecular formula is C15H16ClF3N2O3. The van der Waals surface area contributed by atoms with Crippen molar-refractivity contribution in [1.82, 2.24) is 5.32 Å². The van der Waals surface area contributed by atoms with Crippen LogP contribution in [0.2, 0.25) is 0 Å². The minimum Gasteiger partial charge on any atom is -0.497 e. The molecule has 3 N–H and O–H groups in total. The quantitative estimate of drug-likeness (QED) is 0.854. The number of carbonyl (C=O) groups is 1. The third-order valence-corrected chi connectivity index (χ3v) is 3.18. The molecule has 9 heteroatoms. The molecule has 0 bridgehead atoms. The van der Waals surface area contributed by atoms with Crippen LogP contribution < -0.4 is 15.8 Å². The Bertz CT molecular complexity index is 702. The van der Waals surface area contributed by atoms with Crippen molar-refractivity contribution in [2.45, 2.75) is 19.3 Å². The minimum atomic E-state index is -4.54. The highest BCUT2D eigenvalue weighted by Gasteiger charge is 2.33. The maximum absolute atomic E-state index is 13.1. The first-order valence-electron chi connectivity index (χ1n) is 6.65. The van der Waals surface area contributed by atoms with Crippen molar-refractivity contribution in [3.8, 4) is 5.75 Å². The summed E-state index contributed by atoms with van der Waals surface area (Å²) in [5, 5.41) is 2.42. The van der Waals surface area contributed by atoms with Crippen molar-refractivity contribution >= 4 is 18.3 Å². The largest absolute Gasteiger partial charge is 0.497 e. The van der Waals surface area contributed by atoms with Crippen molar-refractivity contribution in [1.29, 1.82) is 0 Å². The maximum atomic E-state index is 13.1. The lowest BCUT2D eigenvalue weighted by molar-refractivity contribution is -0.138. The number of nitrogens with one attached hydrogen (secondary N) is 1. The van der Waals surface area contributed by atoms with Gasteiger partial charge in [0.2, 0.25) is 0 Å².